The van der Waals surface area contributed by atoms with Crippen LogP contribution in [0.5, 0.6) is 0 Å². The van der Waals surface area contributed by atoms with Crippen molar-refractivity contribution in [3.05, 3.63) is 97.1 Å². The first-order valence-electron chi connectivity index (χ1n) is 12.3. The fourth-order valence-corrected chi connectivity index (χ4v) is 5.15. The number of fused-ring (bicyclic) bond motifs is 3. The molecule has 5 rings (SSSR count). The van der Waals surface area contributed by atoms with Crippen LogP contribution in [0, 0.1) is 0 Å². The van der Waals surface area contributed by atoms with Gasteiger partial charge in [0.05, 0.1) is 23.9 Å². The predicted molar refractivity (Wildman–Crippen MR) is 144 cm³/mol. The highest BCUT2D eigenvalue weighted by molar-refractivity contribution is 6.15. The van der Waals surface area contributed by atoms with E-state index in [1.165, 1.54) is 32.8 Å². The summed E-state index contributed by atoms with van der Waals surface area (Å²) >= 11 is 0. The lowest BCUT2D eigenvalue weighted by Gasteiger charge is -2.23. The van der Waals surface area contributed by atoms with Gasteiger partial charge in [-0.25, -0.2) is 0 Å². The SMILES string of the molecule is CCN(CC)C[C@H](O)Cn1c(-c2ccccc2)c(-c2ccccc2)c2ccc3ccccc3c21. The minimum atomic E-state index is -0.472. The molecular formula is C31H32N2O. The summed E-state index contributed by atoms with van der Waals surface area (Å²) in [7, 11) is 0. The zero-order valence-corrected chi connectivity index (χ0v) is 20.0. The summed E-state index contributed by atoms with van der Waals surface area (Å²) in [5.74, 6) is 0. The number of aliphatic hydroxyl groups excluding tert-OH is 1. The number of rotatable bonds is 8. The Morgan fingerprint density at radius 3 is 2.00 bits per heavy atom. The van der Waals surface area contributed by atoms with Crippen LogP contribution >= 0.6 is 0 Å². The van der Waals surface area contributed by atoms with Crippen LogP contribution < -0.4 is 0 Å². The molecule has 4 aromatic carbocycles. The van der Waals surface area contributed by atoms with E-state index in [2.05, 4.69) is 120 Å². The normalized spacial score (nSPS) is 12.6. The molecule has 34 heavy (non-hydrogen) atoms. The lowest BCUT2D eigenvalue weighted by Crippen LogP contribution is -2.34. The monoisotopic (exact) mass is 448 g/mol. The number of hydrogen-bond acceptors (Lipinski definition) is 2. The second-order valence-electron chi connectivity index (χ2n) is 8.89. The summed E-state index contributed by atoms with van der Waals surface area (Å²) < 4.78 is 2.36. The minimum Gasteiger partial charge on any atom is -0.390 e. The maximum absolute atomic E-state index is 11.3. The topological polar surface area (TPSA) is 28.4 Å². The van der Waals surface area contributed by atoms with Crippen molar-refractivity contribution in [2.45, 2.75) is 26.5 Å². The third-order valence-electron chi connectivity index (χ3n) is 6.81. The van der Waals surface area contributed by atoms with Crippen LogP contribution in [0.4, 0.5) is 0 Å². The Labute approximate surface area is 201 Å². The van der Waals surface area contributed by atoms with Crippen LogP contribution in [0.3, 0.4) is 0 Å². The molecule has 1 heterocycles. The van der Waals surface area contributed by atoms with Crippen molar-refractivity contribution in [3.8, 4) is 22.4 Å². The van der Waals surface area contributed by atoms with Gasteiger partial charge in [-0.2, -0.15) is 0 Å². The Morgan fingerprint density at radius 2 is 1.32 bits per heavy atom. The summed E-state index contributed by atoms with van der Waals surface area (Å²) in [6, 6.07) is 34.3. The first-order chi connectivity index (χ1) is 16.7. The van der Waals surface area contributed by atoms with Crippen LogP contribution in [0.1, 0.15) is 13.8 Å². The summed E-state index contributed by atoms with van der Waals surface area (Å²) in [4.78, 5) is 2.29. The van der Waals surface area contributed by atoms with Crippen molar-refractivity contribution in [1.82, 2.24) is 9.47 Å². The lowest BCUT2D eigenvalue weighted by molar-refractivity contribution is 0.104. The summed E-state index contributed by atoms with van der Waals surface area (Å²) in [5, 5.41) is 14.9. The third kappa shape index (κ3) is 4.13. The fourth-order valence-electron chi connectivity index (χ4n) is 5.15. The Bertz CT molecular complexity index is 1390. The lowest BCUT2D eigenvalue weighted by atomic mass is 9.97. The van der Waals surface area contributed by atoms with Gasteiger partial charge < -0.3 is 14.6 Å². The van der Waals surface area contributed by atoms with Crippen molar-refractivity contribution in [3.63, 3.8) is 0 Å². The molecule has 0 radical (unpaired) electrons. The molecule has 0 aliphatic rings. The summed E-state index contributed by atoms with van der Waals surface area (Å²) in [6.07, 6.45) is -0.472. The van der Waals surface area contributed by atoms with Crippen molar-refractivity contribution in [2.24, 2.45) is 0 Å². The zero-order valence-electron chi connectivity index (χ0n) is 20.0. The molecular weight excluding hydrogens is 416 g/mol. The van der Waals surface area contributed by atoms with Crippen LogP contribution in [0.25, 0.3) is 44.1 Å². The second kappa shape index (κ2) is 9.84. The van der Waals surface area contributed by atoms with Gasteiger partial charge in [-0.05, 0) is 29.6 Å². The van der Waals surface area contributed by atoms with E-state index in [0.717, 1.165) is 24.3 Å². The highest BCUT2D eigenvalue weighted by Gasteiger charge is 2.23. The molecule has 1 N–H and O–H groups in total. The summed E-state index contributed by atoms with van der Waals surface area (Å²) in [5.41, 5.74) is 5.93. The number of aromatic nitrogens is 1. The highest BCUT2D eigenvalue weighted by Crippen LogP contribution is 2.43. The Morgan fingerprint density at radius 1 is 0.706 bits per heavy atom. The van der Waals surface area contributed by atoms with E-state index >= 15 is 0 Å². The number of nitrogens with zero attached hydrogens (tertiary/aromatic N) is 2. The van der Waals surface area contributed by atoms with Gasteiger partial charge in [0, 0.05) is 22.9 Å². The largest absolute Gasteiger partial charge is 0.390 e. The first kappa shape index (κ1) is 22.4. The van der Waals surface area contributed by atoms with Crippen LogP contribution in [0.15, 0.2) is 97.1 Å². The van der Waals surface area contributed by atoms with Gasteiger partial charge in [0.25, 0.3) is 0 Å². The van der Waals surface area contributed by atoms with Gasteiger partial charge in [0.1, 0.15) is 0 Å². The molecule has 0 bridgehead atoms. The van der Waals surface area contributed by atoms with E-state index < -0.39 is 6.10 Å². The van der Waals surface area contributed by atoms with Crippen LogP contribution in [-0.4, -0.2) is 40.3 Å². The molecule has 0 spiro atoms. The molecule has 1 aromatic heterocycles. The molecule has 0 fully saturated rings. The maximum Gasteiger partial charge on any atom is 0.0845 e. The molecule has 0 amide bonds. The van der Waals surface area contributed by atoms with Crippen molar-refractivity contribution < 1.29 is 5.11 Å². The Kier molecular flexibility index (Phi) is 6.48. The maximum atomic E-state index is 11.3. The van der Waals surface area contributed by atoms with Crippen molar-refractivity contribution in [2.75, 3.05) is 19.6 Å². The van der Waals surface area contributed by atoms with Gasteiger partial charge in [-0.3, -0.25) is 0 Å². The fraction of sp³-hybridized carbons (Fsp3) is 0.226. The molecule has 3 nitrogen and oxygen atoms in total. The summed E-state index contributed by atoms with van der Waals surface area (Å²) in [6.45, 7) is 7.37. The second-order valence-corrected chi connectivity index (χ2v) is 8.89. The highest BCUT2D eigenvalue weighted by atomic mass is 16.3. The standard InChI is InChI=1S/C31H32N2O/c1-3-32(4-2)21-26(34)22-33-30(25-16-9-6-10-17-25)29(24-14-7-5-8-15-24)28-20-19-23-13-11-12-18-27(23)31(28)33/h5-20,26,34H,3-4,21-22H2,1-2H3/t26-/m0/s1. The number of likely N-dealkylation sites (N-methyl/N-ethyl adjacent to an activating group) is 1. The number of hydrogen-bond donors (Lipinski definition) is 1. The molecule has 1 atom stereocenters. The molecule has 0 aliphatic carbocycles. The van der Waals surface area contributed by atoms with Gasteiger partial charge in [-0.1, -0.05) is 111 Å². The zero-order chi connectivity index (χ0) is 23.5. The van der Waals surface area contributed by atoms with Crippen molar-refractivity contribution >= 4 is 21.7 Å². The molecule has 0 saturated carbocycles. The smallest absolute Gasteiger partial charge is 0.0845 e. The van der Waals surface area contributed by atoms with Crippen molar-refractivity contribution in [1.29, 1.82) is 0 Å². The molecule has 0 saturated heterocycles. The van der Waals surface area contributed by atoms with E-state index in [9.17, 15) is 5.11 Å². The minimum absolute atomic E-state index is 0.472. The molecule has 3 heteroatoms. The molecule has 172 valence electrons. The molecule has 0 unspecified atom stereocenters. The van der Waals surface area contributed by atoms with E-state index in [4.69, 9.17) is 0 Å². The first-order valence-corrected chi connectivity index (χ1v) is 12.3. The van der Waals surface area contributed by atoms with Gasteiger partial charge in [0.15, 0.2) is 0 Å². The van der Waals surface area contributed by atoms with Gasteiger partial charge >= 0.3 is 0 Å². The van der Waals surface area contributed by atoms with Gasteiger partial charge in [0.2, 0.25) is 0 Å². The van der Waals surface area contributed by atoms with E-state index in [-0.39, 0.29) is 0 Å². The Hall–Kier alpha value is -3.40. The van der Waals surface area contributed by atoms with Gasteiger partial charge in [-0.15, -0.1) is 0 Å². The third-order valence-corrected chi connectivity index (χ3v) is 6.81. The van der Waals surface area contributed by atoms with E-state index in [1.807, 2.05) is 0 Å². The predicted octanol–water partition coefficient (Wildman–Crippen LogP) is 6.83. The quantitative estimate of drug-likeness (QED) is 0.282. The molecule has 5 aromatic rings. The number of aliphatic hydroxyl groups is 1. The van der Waals surface area contributed by atoms with Crippen LogP contribution in [-0.2, 0) is 6.54 Å². The Balaban J connectivity index is 1.83. The van der Waals surface area contributed by atoms with E-state index in [0.29, 0.717) is 13.1 Å². The molecule has 0 aliphatic heterocycles. The average molecular weight is 449 g/mol. The van der Waals surface area contributed by atoms with Crippen LogP contribution in [0.2, 0.25) is 0 Å². The average Bonchev–Trinajstić information content (AvgIpc) is 3.22. The van der Waals surface area contributed by atoms with E-state index in [1.54, 1.807) is 0 Å². The number of benzene rings is 4.